The Balaban J connectivity index is 1.38. The number of benzene rings is 1. The van der Waals surface area contributed by atoms with Gasteiger partial charge in [-0.2, -0.15) is 5.10 Å². The number of anilines is 3. The first-order chi connectivity index (χ1) is 16.6. The third-order valence-electron chi connectivity index (χ3n) is 5.56. The van der Waals surface area contributed by atoms with Crippen LogP contribution in [0.5, 0.6) is 0 Å². The first-order valence-electron chi connectivity index (χ1n) is 11.4. The number of carbonyl (C=O) groups excluding carboxylic acids is 1. The molecule has 1 aliphatic rings. The topological polar surface area (TPSA) is 120 Å². The van der Waals surface area contributed by atoms with Gasteiger partial charge in [-0.3, -0.25) is 14.3 Å². The van der Waals surface area contributed by atoms with Crippen LogP contribution in [0.4, 0.5) is 17.5 Å². The Morgan fingerprint density at radius 1 is 1.21 bits per heavy atom. The number of aliphatic hydroxyl groups is 1. The predicted octanol–water partition coefficient (Wildman–Crippen LogP) is 4.32. The molecule has 3 aromatic heterocycles. The van der Waals surface area contributed by atoms with Crippen LogP contribution in [0.3, 0.4) is 0 Å². The SMILES string of the molecule is Cc1cc(Nc2nc(Sc3ccc(NC(=O)C4CC4)cc3)cc3nc(CCCCO)cn23)n[nH]1. The lowest BCUT2D eigenvalue weighted by Gasteiger charge is -2.09. The van der Waals surface area contributed by atoms with Crippen molar-refractivity contribution in [3.63, 3.8) is 0 Å². The minimum absolute atomic E-state index is 0.103. The van der Waals surface area contributed by atoms with Crippen LogP contribution in [-0.4, -0.2) is 42.2 Å². The average molecular weight is 478 g/mol. The number of imidazole rings is 1. The van der Waals surface area contributed by atoms with Crippen LogP contribution in [-0.2, 0) is 11.2 Å². The number of fused-ring (bicyclic) bond motifs is 1. The van der Waals surface area contributed by atoms with Crippen molar-refractivity contribution in [3.8, 4) is 0 Å². The summed E-state index contributed by atoms with van der Waals surface area (Å²) >= 11 is 1.53. The lowest BCUT2D eigenvalue weighted by atomic mass is 10.2. The van der Waals surface area contributed by atoms with Crippen molar-refractivity contribution >= 4 is 40.8 Å². The van der Waals surface area contributed by atoms with Crippen molar-refractivity contribution < 1.29 is 9.90 Å². The second-order valence-electron chi connectivity index (χ2n) is 8.51. The van der Waals surface area contributed by atoms with Gasteiger partial charge in [0, 0.05) is 47.1 Å². The van der Waals surface area contributed by atoms with Crippen LogP contribution >= 0.6 is 11.8 Å². The number of aromatic amines is 1. The van der Waals surface area contributed by atoms with Crippen molar-refractivity contribution in [1.29, 1.82) is 0 Å². The van der Waals surface area contributed by atoms with Crippen LogP contribution in [0.15, 0.2) is 52.5 Å². The van der Waals surface area contributed by atoms with E-state index in [1.165, 1.54) is 11.8 Å². The zero-order valence-corrected chi connectivity index (χ0v) is 19.7. The molecule has 1 aliphatic carbocycles. The fourth-order valence-electron chi connectivity index (χ4n) is 3.61. The van der Waals surface area contributed by atoms with E-state index in [4.69, 9.17) is 15.1 Å². The van der Waals surface area contributed by atoms with Gasteiger partial charge in [0.05, 0.1) is 5.69 Å². The highest BCUT2D eigenvalue weighted by Crippen LogP contribution is 2.32. The van der Waals surface area contributed by atoms with Crippen molar-refractivity contribution in [2.24, 2.45) is 5.92 Å². The fraction of sp³-hybridized carbons (Fsp3) is 0.333. The number of H-pyrrole nitrogens is 1. The Morgan fingerprint density at radius 2 is 2.03 bits per heavy atom. The molecule has 4 aromatic rings. The van der Waals surface area contributed by atoms with Crippen LogP contribution in [0, 0.1) is 12.8 Å². The summed E-state index contributed by atoms with van der Waals surface area (Å²) < 4.78 is 1.93. The fourth-order valence-corrected chi connectivity index (χ4v) is 4.42. The highest BCUT2D eigenvalue weighted by molar-refractivity contribution is 7.99. The Kier molecular flexibility index (Phi) is 6.50. The molecule has 0 atom stereocenters. The predicted molar refractivity (Wildman–Crippen MR) is 132 cm³/mol. The first kappa shape index (κ1) is 22.4. The van der Waals surface area contributed by atoms with E-state index in [1.807, 2.05) is 53.9 Å². The van der Waals surface area contributed by atoms with Crippen molar-refractivity contribution in [2.45, 2.75) is 48.9 Å². The normalized spacial score (nSPS) is 13.4. The van der Waals surface area contributed by atoms with E-state index in [0.717, 1.165) is 64.7 Å². The summed E-state index contributed by atoms with van der Waals surface area (Å²) in [6.45, 7) is 2.13. The van der Waals surface area contributed by atoms with E-state index < -0.39 is 0 Å². The maximum atomic E-state index is 12.0. The van der Waals surface area contributed by atoms with Crippen LogP contribution in [0.1, 0.15) is 37.1 Å². The summed E-state index contributed by atoms with van der Waals surface area (Å²) in [6.07, 6.45) is 6.37. The molecule has 4 N–H and O–H groups in total. The lowest BCUT2D eigenvalue weighted by molar-refractivity contribution is -0.117. The van der Waals surface area contributed by atoms with E-state index in [1.54, 1.807) is 0 Å². The molecule has 0 radical (unpaired) electrons. The second kappa shape index (κ2) is 9.86. The maximum Gasteiger partial charge on any atom is 0.227 e. The number of nitrogens with one attached hydrogen (secondary N) is 3. The summed E-state index contributed by atoms with van der Waals surface area (Å²) in [5.41, 5.74) is 3.50. The van der Waals surface area contributed by atoms with E-state index >= 15 is 0 Å². The summed E-state index contributed by atoms with van der Waals surface area (Å²) in [5.74, 6) is 1.59. The molecule has 1 saturated carbocycles. The molecule has 5 rings (SSSR count). The molecule has 0 saturated heterocycles. The van der Waals surface area contributed by atoms with Crippen LogP contribution < -0.4 is 10.6 Å². The molecule has 34 heavy (non-hydrogen) atoms. The van der Waals surface area contributed by atoms with Gasteiger partial charge >= 0.3 is 0 Å². The number of rotatable bonds is 10. The average Bonchev–Trinajstić information content (AvgIpc) is 3.48. The second-order valence-corrected chi connectivity index (χ2v) is 9.60. The third kappa shape index (κ3) is 5.40. The minimum atomic E-state index is 0.103. The Bertz CT molecular complexity index is 1290. The Hall–Kier alpha value is -3.37. The highest BCUT2D eigenvalue weighted by Gasteiger charge is 2.29. The molecule has 1 fully saturated rings. The lowest BCUT2D eigenvalue weighted by Crippen LogP contribution is -2.12. The van der Waals surface area contributed by atoms with Crippen molar-refractivity contribution in [2.75, 3.05) is 17.2 Å². The van der Waals surface area contributed by atoms with Gasteiger partial charge in [-0.15, -0.1) is 0 Å². The van der Waals surface area contributed by atoms with E-state index in [0.29, 0.717) is 11.8 Å². The molecular weight excluding hydrogens is 450 g/mol. The van der Waals surface area contributed by atoms with Crippen molar-refractivity contribution in [1.82, 2.24) is 24.6 Å². The molecule has 10 heteroatoms. The molecule has 0 aliphatic heterocycles. The standard InChI is InChI=1S/C24H27N7O2S/c1-15-12-20(30-29-15)27-24-28-22(13-21-25-18(14-31(21)24)4-2-3-11-32)34-19-9-7-17(8-10-19)26-23(33)16-5-6-16/h7-10,12-14,16,32H,2-6,11H2,1H3,(H,26,33)(H2,27,28,29,30). The summed E-state index contributed by atoms with van der Waals surface area (Å²) in [6, 6.07) is 11.7. The van der Waals surface area contributed by atoms with Gasteiger partial charge in [0.15, 0.2) is 5.82 Å². The maximum absolute atomic E-state index is 12.0. The molecule has 0 spiro atoms. The molecule has 0 unspecified atom stereocenters. The van der Waals surface area contributed by atoms with E-state index in [2.05, 4.69) is 20.8 Å². The zero-order valence-electron chi connectivity index (χ0n) is 18.9. The van der Waals surface area contributed by atoms with E-state index in [9.17, 15) is 4.79 Å². The largest absolute Gasteiger partial charge is 0.396 e. The molecule has 1 amide bonds. The molecule has 9 nitrogen and oxygen atoms in total. The number of hydrogen-bond donors (Lipinski definition) is 4. The summed E-state index contributed by atoms with van der Waals surface area (Å²) in [7, 11) is 0. The zero-order chi connectivity index (χ0) is 23.5. The number of amides is 1. The number of carbonyl (C=O) groups is 1. The number of unbranched alkanes of at least 4 members (excludes halogenated alkanes) is 1. The number of aliphatic hydroxyl groups excluding tert-OH is 1. The number of aromatic nitrogens is 5. The Labute approximate surface area is 201 Å². The van der Waals surface area contributed by atoms with Gasteiger partial charge in [-0.25, -0.2) is 9.97 Å². The van der Waals surface area contributed by atoms with Crippen LogP contribution in [0.25, 0.3) is 5.65 Å². The minimum Gasteiger partial charge on any atom is -0.396 e. The number of nitrogens with zero attached hydrogens (tertiary/aromatic N) is 4. The summed E-state index contributed by atoms with van der Waals surface area (Å²) in [4.78, 5) is 22.6. The van der Waals surface area contributed by atoms with Gasteiger partial charge in [-0.1, -0.05) is 11.8 Å². The first-order valence-corrected chi connectivity index (χ1v) is 12.3. The molecular formula is C24H27N7O2S. The monoisotopic (exact) mass is 477 g/mol. The molecule has 1 aromatic carbocycles. The van der Waals surface area contributed by atoms with E-state index in [-0.39, 0.29) is 18.4 Å². The number of hydrogen-bond acceptors (Lipinski definition) is 7. The molecule has 176 valence electrons. The van der Waals surface area contributed by atoms with Gasteiger partial charge in [0.1, 0.15) is 10.7 Å². The third-order valence-corrected chi connectivity index (χ3v) is 6.49. The van der Waals surface area contributed by atoms with Crippen molar-refractivity contribution in [3.05, 3.63) is 54.0 Å². The van der Waals surface area contributed by atoms with Gasteiger partial charge in [0.2, 0.25) is 11.9 Å². The molecule has 3 heterocycles. The smallest absolute Gasteiger partial charge is 0.227 e. The van der Waals surface area contributed by atoms with Gasteiger partial charge in [0.25, 0.3) is 0 Å². The van der Waals surface area contributed by atoms with Crippen LogP contribution in [0.2, 0.25) is 0 Å². The van der Waals surface area contributed by atoms with Gasteiger partial charge < -0.3 is 15.7 Å². The summed E-state index contributed by atoms with van der Waals surface area (Å²) in [5, 5.41) is 23.3. The quantitative estimate of drug-likeness (QED) is 0.198. The molecule has 0 bridgehead atoms. The number of aryl methyl sites for hydroxylation is 2. The van der Waals surface area contributed by atoms with Gasteiger partial charge in [-0.05, 0) is 63.3 Å². The highest BCUT2D eigenvalue weighted by atomic mass is 32.2. The Morgan fingerprint density at radius 3 is 2.74 bits per heavy atom.